The van der Waals surface area contributed by atoms with Gasteiger partial charge in [-0.25, -0.2) is 4.79 Å². The number of carbonyl (C=O) groups is 1. The number of carbonyl (C=O) groups excluding carboxylic acids is 1. The van der Waals surface area contributed by atoms with E-state index in [4.69, 9.17) is 10.5 Å². The maximum Gasteiger partial charge on any atom is 0.343 e. The zero-order valence-corrected chi connectivity index (χ0v) is 15.7. The molecule has 0 bridgehead atoms. The Labute approximate surface area is 157 Å². The number of esters is 1. The summed E-state index contributed by atoms with van der Waals surface area (Å²) >= 11 is 0. The summed E-state index contributed by atoms with van der Waals surface area (Å²) in [6, 6.07) is 9.62. The molecule has 5 heteroatoms. The van der Waals surface area contributed by atoms with Gasteiger partial charge in [-0.1, -0.05) is 6.07 Å². The summed E-state index contributed by atoms with van der Waals surface area (Å²) in [6.45, 7) is 4.01. The van der Waals surface area contributed by atoms with E-state index in [1.54, 1.807) is 16.7 Å². The Balaban J connectivity index is 2.02. The number of nitrogen functional groups attached to an aromatic ring is 1. The van der Waals surface area contributed by atoms with Gasteiger partial charge in [-0.05, 0) is 84.7 Å². The topological polar surface area (TPSA) is 73.8 Å². The molecule has 1 fully saturated rings. The second-order valence-corrected chi connectivity index (χ2v) is 7.23. The molecule has 138 valence electrons. The van der Waals surface area contributed by atoms with Crippen LogP contribution >= 0.6 is 0 Å². The molecule has 3 aromatic rings. The molecular formula is C22H22N2O3. The number of aromatic nitrogens is 1. The first kappa shape index (κ1) is 17.3. The quantitative estimate of drug-likeness (QED) is 0.568. The molecule has 0 unspecified atom stereocenters. The summed E-state index contributed by atoms with van der Waals surface area (Å²) in [5, 5.41) is 0. The monoisotopic (exact) mass is 362 g/mol. The Morgan fingerprint density at radius 3 is 2.56 bits per heavy atom. The largest absolute Gasteiger partial charge is 0.465 e. The molecule has 0 saturated heterocycles. The highest BCUT2D eigenvalue weighted by atomic mass is 16.5. The molecule has 0 amide bonds. The van der Waals surface area contributed by atoms with Crippen LogP contribution in [0.4, 0.5) is 5.69 Å². The van der Waals surface area contributed by atoms with E-state index >= 15 is 0 Å². The van der Waals surface area contributed by atoms with Crippen molar-refractivity contribution in [3.05, 3.63) is 69.1 Å². The number of pyridine rings is 2. The molecule has 1 aromatic carbocycles. The van der Waals surface area contributed by atoms with E-state index in [0.717, 1.165) is 51.9 Å². The van der Waals surface area contributed by atoms with Crippen molar-refractivity contribution in [2.24, 2.45) is 0 Å². The summed E-state index contributed by atoms with van der Waals surface area (Å²) in [5.41, 5.74) is 12.6. The number of nitrogens with zero attached hydrogens (tertiary/aromatic N) is 1. The lowest BCUT2D eigenvalue weighted by atomic mass is 9.95. The summed E-state index contributed by atoms with van der Waals surface area (Å²) in [5.74, 6) is -0.210. The molecule has 0 radical (unpaired) electrons. The van der Waals surface area contributed by atoms with E-state index in [1.165, 1.54) is 7.11 Å². The molecule has 2 heterocycles. The maximum absolute atomic E-state index is 12.9. The van der Waals surface area contributed by atoms with E-state index < -0.39 is 5.97 Å². The van der Waals surface area contributed by atoms with Crippen LogP contribution < -0.4 is 11.3 Å². The zero-order chi connectivity index (χ0) is 19.3. The molecule has 0 atom stereocenters. The van der Waals surface area contributed by atoms with Gasteiger partial charge in [-0.2, -0.15) is 0 Å². The van der Waals surface area contributed by atoms with Gasteiger partial charge in [0, 0.05) is 11.9 Å². The molecule has 1 aliphatic carbocycles. The predicted molar refractivity (Wildman–Crippen MR) is 106 cm³/mol. The van der Waals surface area contributed by atoms with Crippen LogP contribution in [0.1, 0.15) is 45.8 Å². The first-order chi connectivity index (χ1) is 12.9. The van der Waals surface area contributed by atoms with Gasteiger partial charge in [-0.15, -0.1) is 0 Å². The van der Waals surface area contributed by atoms with Crippen LogP contribution in [0, 0.1) is 13.8 Å². The lowest BCUT2D eigenvalue weighted by molar-refractivity contribution is 0.0598. The Morgan fingerprint density at radius 1 is 1.19 bits per heavy atom. The smallest absolute Gasteiger partial charge is 0.343 e. The van der Waals surface area contributed by atoms with E-state index in [-0.39, 0.29) is 11.1 Å². The number of benzene rings is 1. The van der Waals surface area contributed by atoms with Crippen molar-refractivity contribution >= 4 is 17.2 Å². The Bertz CT molecular complexity index is 1140. The predicted octanol–water partition coefficient (Wildman–Crippen LogP) is 3.83. The van der Waals surface area contributed by atoms with Gasteiger partial charge < -0.3 is 10.5 Å². The van der Waals surface area contributed by atoms with Crippen LogP contribution in [-0.2, 0) is 4.74 Å². The molecule has 0 aliphatic heterocycles. The Kier molecular flexibility index (Phi) is 4.02. The van der Waals surface area contributed by atoms with Gasteiger partial charge in [0.2, 0.25) is 0 Å². The summed E-state index contributed by atoms with van der Waals surface area (Å²) in [4.78, 5) is 24.9. The minimum Gasteiger partial charge on any atom is -0.465 e. The molecule has 2 aromatic heterocycles. The summed E-state index contributed by atoms with van der Waals surface area (Å²) in [7, 11) is 1.30. The van der Waals surface area contributed by atoms with Gasteiger partial charge >= 0.3 is 5.97 Å². The third-order valence-corrected chi connectivity index (χ3v) is 5.42. The fourth-order valence-electron chi connectivity index (χ4n) is 3.71. The fourth-order valence-corrected chi connectivity index (χ4v) is 3.71. The average molecular weight is 362 g/mol. The van der Waals surface area contributed by atoms with Gasteiger partial charge in [-0.3, -0.25) is 9.20 Å². The summed E-state index contributed by atoms with van der Waals surface area (Å²) < 4.78 is 6.39. The van der Waals surface area contributed by atoms with E-state index in [1.807, 2.05) is 32.0 Å². The number of rotatable bonds is 3. The molecule has 1 saturated carbocycles. The minimum absolute atomic E-state index is 0.0902. The number of hydrogen-bond acceptors (Lipinski definition) is 4. The van der Waals surface area contributed by atoms with Crippen LogP contribution in [0.15, 0.2) is 41.3 Å². The lowest BCUT2D eigenvalue weighted by Crippen LogP contribution is -2.24. The minimum atomic E-state index is -0.591. The van der Waals surface area contributed by atoms with Crippen LogP contribution in [0.3, 0.4) is 0 Å². The SMILES string of the molecule is COC(=O)c1cc(C2CC2)c2c(C)c(-c3ccc(N)c(C)c3)ccn2c1=O. The third kappa shape index (κ3) is 2.79. The second kappa shape index (κ2) is 6.27. The van der Waals surface area contributed by atoms with Gasteiger partial charge in [0.15, 0.2) is 0 Å². The first-order valence-corrected chi connectivity index (χ1v) is 9.06. The molecule has 1 aliphatic rings. The summed E-state index contributed by atoms with van der Waals surface area (Å²) in [6.07, 6.45) is 3.89. The second-order valence-electron chi connectivity index (χ2n) is 7.23. The number of anilines is 1. The molecular weight excluding hydrogens is 340 g/mol. The van der Waals surface area contributed by atoms with Crippen molar-refractivity contribution in [2.75, 3.05) is 12.8 Å². The van der Waals surface area contributed by atoms with Gasteiger partial charge in [0.1, 0.15) is 5.56 Å². The Hall–Kier alpha value is -3.08. The van der Waals surface area contributed by atoms with Crippen molar-refractivity contribution < 1.29 is 9.53 Å². The number of ether oxygens (including phenoxy) is 1. The van der Waals surface area contributed by atoms with Crippen LogP contribution in [0.2, 0.25) is 0 Å². The maximum atomic E-state index is 12.9. The first-order valence-electron chi connectivity index (χ1n) is 9.06. The highest BCUT2D eigenvalue weighted by molar-refractivity contribution is 5.90. The van der Waals surface area contributed by atoms with E-state index in [2.05, 4.69) is 6.07 Å². The number of fused-ring (bicyclic) bond motifs is 1. The zero-order valence-electron chi connectivity index (χ0n) is 15.7. The van der Waals surface area contributed by atoms with Crippen molar-refractivity contribution in [3.8, 4) is 11.1 Å². The van der Waals surface area contributed by atoms with Crippen molar-refractivity contribution in [1.29, 1.82) is 0 Å². The molecule has 4 rings (SSSR count). The van der Waals surface area contributed by atoms with Gasteiger partial charge in [0.05, 0.1) is 12.6 Å². The fraction of sp³-hybridized carbons (Fsp3) is 0.273. The van der Waals surface area contributed by atoms with Crippen molar-refractivity contribution in [3.63, 3.8) is 0 Å². The highest BCUT2D eigenvalue weighted by Gasteiger charge is 2.29. The van der Waals surface area contributed by atoms with Crippen LogP contribution in [0.5, 0.6) is 0 Å². The van der Waals surface area contributed by atoms with E-state index in [9.17, 15) is 9.59 Å². The van der Waals surface area contributed by atoms with E-state index in [0.29, 0.717) is 5.92 Å². The molecule has 27 heavy (non-hydrogen) atoms. The van der Waals surface area contributed by atoms with Crippen LogP contribution in [0.25, 0.3) is 16.6 Å². The number of aryl methyl sites for hydroxylation is 2. The molecule has 0 spiro atoms. The standard InChI is InChI=1S/C22H22N2O3/c1-12-10-15(6-7-19(12)23)16-8-9-24-20(13(16)2)17(14-4-5-14)11-18(21(24)25)22(26)27-3/h6-11,14H,4-5,23H2,1-3H3. The van der Waals surface area contributed by atoms with Crippen LogP contribution in [-0.4, -0.2) is 17.5 Å². The molecule has 5 nitrogen and oxygen atoms in total. The van der Waals surface area contributed by atoms with Crippen molar-refractivity contribution in [2.45, 2.75) is 32.6 Å². The Morgan fingerprint density at radius 2 is 1.93 bits per heavy atom. The lowest BCUT2D eigenvalue weighted by Gasteiger charge is -2.16. The number of hydrogen-bond donors (Lipinski definition) is 1. The van der Waals surface area contributed by atoms with Gasteiger partial charge in [0.25, 0.3) is 5.56 Å². The number of methoxy groups -OCH3 is 1. The molecule has 2 N–H and O–H groups in total. The van der Waals surface area contributed by atoms with Crippen molar-refractivity contribution in [1.82, 2.24) is 4.40 Å². The third-order valence-electron chi connectivity index (χ3n) is 5.42. The number of nitrogens with two attached hydrogens (primary N) is 1. The average Bonchev–Trinajstić information content (AvgIpc) is 3.49. The highest BCUT2D eigenvalue weighted by Crippen LogP contribution is 2.43. The normalized spacial score (nSPS) is 13.7.